The third kappa shape index (κ3) is 3.73. The molecule has 0 unspecified atom stereocenters. The van der Waals surface area contributed by atoms with E-state index in [1.165, 1.54) is 0 Å². The number of hydrogen-bond donors (Lipinski definition) is 2. The highest BCUT2D eigenvalue weighted by Crippen LogP contribution is 2.19. The minimum atomic E-state index is -0.285. The van der Waals surface area contributed by atoms with Crippen LogP contribution in [-0.2, 0) is 4.74 Å². The number of amides is 1. The van der Waals surface area contributed by atoms with Crippen LogP contribution >= 0.6 is 0 Å². The number of rotatable bonds is 4. The Kier molecular flexibility index (Phi) is 4.77. The Morgan fingerprint density at radius 3 is 2.92 bits per heavy atom. The van der Waals surface area contributed by atoms with Crippen LogP contribution in [-0.4, -0.2) is 41.2 Å². The number of hydrogen-bond acceptors (Lipinski definition) is 5. The van der Waals surface area contributed by atoms with Crippen molar-refractivity contribution in [3.8, 4) is 11.8 Å². The van der Waals surface area contributed by atoms with Crippen molar-refractivity contribution in [2.24, 2.45) is 0 Å². The highest BCUT2D eigenvalue weighted by Gasteiger charge is 2.29. The fourth-order valence-corrected chi connectivity index (χ4v) is 2.54. The van der Waals surface area contributed by atoms with Crippen molar-refractivity contribution < 1.29 is 14.3 Å². The number of carbonyl (C=O) groups excluding carboxylic acids is 1. The first-order valence-corrected chi connectivity index (χ1v) is 7.73. The molecule has 1 aromatic carbocycles. The first-order valence-electron chi connectivity index (χ1n) is 7.73. The lowest BCUT2D eigenvalue weighted by Crippen LogP contribution is -2.52. The molecule has 0 bridgehead atoms. The van der Waals surface area contributed by atoms with E-state index in [0.29, 0.717) is 30.9 Å². The summed E-state index contributed by atoms with van der Waals surface area (Å²) in [5.74, 6) is 0.649. The second-order valence-electron chi connectivity index (χ2n) is 5.65. The number of imidazole rings is 1. The highest BCUT2D eigenvalue weighted by atomic mass is 16.5. The number of nitrogens with one attached hydrogen (secondary N) is 2. The molecule has 1 saturated heterocycles. The fraction of sp³-hybridized carbons (Fsp3) is 0.353. The zero-order chi connectivity index (χ0) is 16.9. The molecule has 0 radical (unpaired) electrons. The Bertz CT molecular complexity index is 748. The van der Waals surface area contributed by atoms with Crippen LogP contribution in [0, 0.1) is 18.3 Å². The van der Waals surface area contributed by atoms with Crippen molar-refractivity contribution in [2.75, 3.05) is 13.2 Å². The monoisotopic (exact) mass is 326 g/mol. The molecule has 0 aliphatic carbocycles. The van der Waals surface area contributed by atoms with Gasteiger partial charge in [-0.25, -0.2) is 4.98 Å². The van der Waals surface area contributed by atoms with E-state index in [9.17, 15) is 4.79 Å². The van der Waals surface area contributed by atoms with Crippen LogP contribution in [0.4, 0.5) is 0 Å². The van der Waals surface area contributed by atoms with Crippen LogP contribution in [0.25, 0.3) is 0 Å². The van der Waals surface area contributed by atoms with Crippen LogP contribution < -0.4 is 10.1 Å². The van der Waals surface area contributed by atoms with Gasteiger partial charge in [0.05, 0.1) is 30.9 Å². The molecule has 2 N–H and O–H groups in total. The summed E-state index contributed by atoms with van der Waals surface area (Å²) in [6.07, 6.45) is 2.07. The van der Waals surface area contributed by atoms with E-state index in [-0.39, 0.29) is 23.9 Å². The summed E-state index contributed by atoms with van der Waals surface area (Å²) < 4.78 is 11.4. The van der Waals surface area contributed by atoms with Crippen LogP contribution in [0.15, 0.2) is 30.5 Å². The molecule has 1 fully saturated rings. The Morgan fingerprint density at radius 2 is 2.25 bits per heavy atom. The average molecular weight is 326 g/mol. The van der Waals surface area contributed by atoms with E-state index in [4.69, 9.17) is 14.7 Å². The highest BCUT2D eigenvalue weighted by molar-refractivity contribution is 5.90. The van der Waals surface area contributed by atoms with Crippen molar-refractivity contribution in [2.45, 2.75) is 25.5 Å². The molecule has 0 saturated carbocycles. The number of ether oxygens (including phenoxy) is 2. The lowest BCUT2D eigenvalue weighted by atomic mass is 10.1. The number of benzene rings is 1. The fourth-order valence-electron chi connectivity index (χ4n) is 2.54. The largest absolute Gasteiger partial charge is 0.488 e. The summed E-state index contributed by atoms with van der Waals surface area (Å²) in [7, 11) is 0. The predicted octanol–water partition coefficient (Wildman–Crippen LogP) is 1.56. The third-order valence-electron chi connectivity index (χ3n) is 3.80. The zero-order valence-electron chi connectivity index (χ0n) is 13.3. The third-order valence-corrected chi connectivity index (χ3v) is 3.80. The maximum absolute atomic E-state index is 12.3. The van der Waals surface area contributed by atoms with Gasteiger partial charge in [0.2, 0.25) is 0 Å². The van der Waals surface area contributed by atoms with E-state index in [0.717, 1.165) is 5.69 Å². The van der Waals surface area contributed by atoms with Crippen molar-refractivity contribution in [3.05, 3.63) is 47.5 Å². The molecular weight excluding hydrogens is 308 g/mol. The Labute approximate surface area is 139 Å². The molecule has 24 heavy (non-hydrogen) atoms. The van der Waals surface area contributed by atoms with E-state index in [1.807, 2.05) is 6.92 Å². The number of nitrogens with zero attached hydrogens (tertiary/aromatic N) is 2. The van der Waals surface area contributed by atoms with Gasteiger partial charge in [-0.05, 0) is 31.2 Å². The van der Waals surface area contributed by atoms with Gasteiger partial charge in [0.1, 0.15) is 11.9 Å². The molecule has 2 aromatic rings. The minimum absolute atomic E-state index is 0.202. The summed E-state index contributed by atoms with van der Waals surface area (Å²) in [5, 5.41) is 11.7. The van der Waals surface area contributed by atoms with Gasteiger partial charge in [0.25, 0.3) is 5.91 Å². The molecule has 2 atom stereocenters. The molecule has 2 heterocycles. The van der Waals surface area contributed by atoms with Gasteiger partial charge in [-0.15, -0.1) is 0 Å². The molecule has 1 aliphatic rings. The van der Waals surface area contributed by atoms with Crippen molar-refractivity contribution in [1.29, 1.82) is 5.26 Å². The van der Waals surface area contributed by atoms with Crippen LogP contribution in [0.2, 0.25) is 0 Å². The normalized spacial score (nSPS) is 20.2. The average Bonchev–Trinajstić information content (AvgIpc) is 3.04. The van der Waals surface area contributed by atoms with Crippen LogP contribution in [0.5, 0.6) is 5.75 Å². The van der Waals surface area contributed by atoms with E-state index >= 15 is 0 Å². The lowest BCUT2D eigenvalue weighted by Gasteiger charge is -2.32. The SMILES string of the molecule is Cc1cnc(C(=O)N[C@@H]2COCC[C@H]2Oc2ccc(C#N)cc2)[nH]1. The van der Waals surface area contributed by atoms with Gasteiger partial charge in [-0.3, -0.25) is 4.79 Å². The van der Waals surface area contributed by atoms with E-state index in [2.05, 4.69) is 21.4 Å². The molecule has 1 aromatic heterocycles. The lowest BCUT2D eigenvalue weighted by molar-refractivity contribution is -0.00300. The van der Waals surface area contributed by atoms with Gasteiger partial charge >= 0.3 is 0 Å². The number of aromatic amines is 1. The number of H-pyrrole nitrogens is 1. The van der Waals surface area contributed by atoms with Gasteiger partial charge in [-0.1, -0.05) is 0 Å². The Morgan fingerprint density at radius 1 is 1.46 bits per heavy atom. The van der Waals surface area contributed by atoms with E-state index in [1.54, 1.807) is 30.5 Å². The molecule has 3 rings (SSSR count). The number of aromatic nitrogens is 2. The molecule has 0 spiro atoms. The van der Waals surface area contributed by atoms with Crippen molar-refractivity contribution in [3.63, 3.8) is 0 Å². The summed E-state index contributed by atoms with van der Waals surface area (Å²) in [4.78, 5) is 19.2. The topological polar surface area (TPSA) is 100 Å². The molecule has 7 heteroatoms. The maximum atomic E-state index is 12.3. The molecule has 124 valence electrons. The van der Waals surface area contributed by atoms with Crippen LogP contribution in [0.1, 0.15) is 28.3 Å². The van der Waals surface area contributed by atoms with E-state index < -0.39 is 0 Å². The Balaban J connectivity index is 1.66. The van der Waals surface area contributed by atoms with Crippen molar-refractivity contribution in [1.82, 2.24) is 15.3 Å². The summed E-state index contributed by atoms with van der Waals surface area (Å²) in [5.41, 5.74) is 1.40. The van der Waals surface area contributed by atoms with Crippen LogP contribution in [0.3, 0.4) is 0 Å². The molecular formula is C17H18N4O3. The number of nitriles is 1. The predicted molar refractivity (Wildman–Crippen MR) is 85.6 cm³/mol. The Hall–Kier alpha value is -2.85. The second-order valence-corrected chi connectivity index (χ2v) is 5.65. The second kappa shape index (κ2) is 7.15. The molecule has 1 amide bonds. The summed E-state index contributed by atoms with van der Waals surface area (Å²) in [6, 6.07) is 8.71. The van der Waals surface area contributed by atoms with Gasteiger partial charge in [0.15, 0.2) is 5.82 Å². The maximum Gasteiger partial charge on any atom is 0.287 e. The minimum Gasteiger partial charge on any atom is -0.488 e. The summed E-state index contributed by atoms with van der Waals surface area (Å²) >= 11 is 0. The zero-order valence-corrected chi connectivity index (χ0v) is 13.3. The standard InChI is InChI=1S/C17H18N4O3/c1-11-9-19-16(20-11)17(22)21-14-10-23-7-6-15(14)24-13-4-2-12(8-18)3-5-13/h2-5,9,14-15H,6-7,10H2,1H3,(H,19,20)(H,21,22)/t14-,15-/m1/s1. The van der Waals surface area contributed by atoms with Gasteiger partial charge in [-0.2, -0.15) is 5.26 Å². The quantitative estimate of drug-likeness (QED) is 0.888. The van der Waals surface area contributed by atoms with Crippen molar-refractivity contribution >= 4 is 5.91 Å². The number of aryl methyl sites for hydroxylation is 1. The number of carbonyl (C=O) groups is 1. The first kappa shape index (κ1) is 16.0. The summed E-state index contributed by atoms with van der Waals surface area (Å²) in [6.45, 7) is 2.80. The molecule has 7 nitrogen and oxygen atoms in total. The van der Waals surface area contributed by atoms with Gasteiger partial charge < -0.3 is 19.8 Å². The molecule has 1 aliphatic heterocycles. The smallest absolute Gasteiger partial charge is 0.287 e. The van der Waals surface area contributed by atoms with Gasteiger partial charge in [0, 0.05) is 18.3 Å². The first-order chi connectivity index (χ1) is 11.7.